The number of aliphatic hydroxyl groups is 2. The zero-order valence-electron chi connectivity index (χ0n) is 9.90. The molecule has 0 spiro atoms. The molecule has 0 aromatic rings. The lowest BCUT2D eigenvalue weighted by Gasteiger charge is -2.24. The van der Waals surface area contributed by atoms with E-state index in [0.29, 0.717) is 0 Å². The van der Waals surface area contributed by atoms with E-state index in [0.717, 1.165) is 12.8 Å². The van der Waals surface area contributed by atoms with Crippen molar-refractivity contribution in [2.24, 2.45) is 11.5 Å². The first-order valence-electron chi connectivity index (χ1n) is 5.60. The molecule has 0 aliphatic heterocycles. The van der Waals surface area contributed by atoms with E-state index in [2.05, 4.69) is 0 Å². The summed E-state index contributed by atoms with van der Waals surface area (Å²) in [5, 5.41) is 32.5. The van der Waals surface area contributed by atoms with Crippen LogP contribution in [0.5, 0.6) is 0 Å². The molecule has 8 nitrogen and oxygen atoms in total. The van der Waals surface area contributed by atoms with E-state index >= 15 is 0 Å². The standard InChI is InChI=1S/C6H14N2.C4H6O6/c7-5-3-1-2-4-6(5)8;5-1(3(7)8)2(6)4(9)10/h5-6H,1-4,7-8H2;1-2,5-6H,(H,7,8)(H,9,10)/t;1-,2-/m.0/s1. The smallest absolute Gasteiger partial charge is 0.335 e. The van der Waals surface area contributed by atoms with Gasteiger partial charge in [-0.25, -0.2) is 9.59 Å². The fraction of sp³-hybridized carbons (Fsp3) is 0.800. The molecule has 0 aromatic carbocycles. The summed E-state index contributed by atoms with van der Waals surface area (Å²) in [6.45, 7) is 0. The van der Waals surface area contributed by atoms with Crippen LogP contribution in [0.2, 0.25) is 0 Å². The van der Waals surface area contributed by atoms with Crippen molar-refractivity contribution in [2.45, 2.75) is 50.0 Å². The van der Waals surface area contributed by atoms with Gasteiger partial charge in [-0.1, -0.05) is 12.8 Å². The first-order valence-corrected chi connectivity index (χ1v) is 5.60. The third kappa shape index (κ3) is 5.92. The molecule has 0 amide bonds. The predicted molar refractivity (Wildman–Crippen MR) is 61.7 cm³/mol. The predicted octanol–water partition coefficient (Wildman–Crippen LogP) is -1.91. The highest BCUT2D eigenvalue weighted by molar-refractivity contribution is 5.83. The van der Waals surface area contributed by atoms with Crippen LogP contribution in [-0.4, -0.2) is 56.7 Å². The zero-order valence-corrected chi connectivity index (χ0v) is 9.90. The number of carbonyl (C=O) groups is 2. The van der Waals surface area contributed by atoms with Gasteiger partial charge in [0.25, 0.3) is 0 Å². The molecule has 106 valence electrons. The Balaban J connectivity index is 0.000000327. The van der Waals surface area contributed by atoms with Crippen LogP contribution in [0.1, 0.15) is 25.7 Å². The molecule has 1 saturated carbocycles. The molecule has 4 atom stereocenters. The molecular formula is C10H20N2O6. The van der Waals surface area contributed by atoms with Crippen LogP contribution >= 0.6 is 0 Å². The molecule has 1 fully saturated rings. The summed E-state index contributed by atoms with van der Waals surface area (Å²) in [5.41, 5.74) is 11.3. The summed E-state index contributed by atoms with van der Waals surface area (Å²) in [5.74, 6) is -3.54. The second-order valence-corrected chi connectivity index (χ2v) is 4.18. The van der Waals surface area contributed by atoms with Crippen molar-refractivity contribution in [3.05, 3.63) is 0 Å². The number of hydrogen-bond donors (Lipinski definition) is 6. The number of carboxylic acid groups (broad SMARTS) is 2. The van der Waals surface area contributed by atoms with Gasteiger partial charge in [0.05, 0.1) is 0 Å². The van der Waals surface area contributed by atoms with Gasteiger partial charge in [-0.15, -0.1) is 0 Å². The molecule has 1 rings (SSSR count). The molecule has 2 unspecified atom stereocenters. The van der Waals surface area contributed by atoms with Gasteiger partial charge >= 0.3 is 11.9 Å². The van der Waals surface area contributed by atoms with Gasteiger partial charge in [0, 0.05) is 12.1 Å². The van der Waals surface area contributed by atoms with E-state index in [4.69, 9.17) is 31.9 Å². The Morgan fingerprint density at radius 1 is 0.889 bits per heavy atom. The fourth-order valence-electron chi connectivity index (χ4n) is 1.46. The first kappa shape index (κ1) is 16.8. The van der Waals surface area contributed by atoms with Crippen molar-refractivity contribution in [2.75, 3.05) is 0 Å². The van der Waals surface area contributed by atoms with Crippen LogP contribution in [0.4, 0.5) is 0 Å². The summed E-state index contributed by atoms with van der Waals surface area (Å²) in [7, 11) is 0. The molecule has 8 N–H and O–H groups in total. The molecule has 0 heterocycles. The van der Waals surface area contributed by atoms with Crippen molar-refractivity contribution < 1.29 is 30.0 Å². The quantitative estimate of drug-likeness (QED) is 0.343. The average Bonchev–Trinajstić information content (AvgIpc) is 2.31. The maximum Gasteiger partial charge on any atom is 0.335 e. The number of rotatable bonds is 3. The summed E-state index contributed by atoms with van der Waals surface area (Å²) in [4.78, 5) is 19.5. The molecule has 1 aliphatic carbocycles. The SMILES string of the molecule is NC1CCCCC1N.O=C(O)[C@@H](O)[C@H](O)C(=O)O. The molecular weight excluding hydrogens is 244 g/mol. The molecule has 1 aliphatic rings. The van der Waals surface area contributed by atoms with Gasteiger partial charge in [0.1, 0.15) is 0 Å². The highest BCUT2D eigenvalue weighted by Crippen LogP contribution is 2.14. The van der Waals surface area contributed by atoms with Gasteiger partial charge < -0.3 is 31.9 Å². The minimum atomic E-state index is -2.27. The molecule has 18 heavy (non-hydrogen) atoms. The lowest BCUT2D eigenvalue weighted by atomic mass is 9.92. The second-order valence-electron chi connectivity index (χ2n) is 4.18. The van der Waals surface area contributed by atoms with E-state index in [-0.39, 0.29) is 12.1 Å². The Hall–Kier alpha value is -1.22. The molecule has 8 heteroatoms. The molecule has 0 bridgehead atoms. The van der Waals surface area contributed by atoms with Gasteiger partial charge in [-0.3, -0.25) is 0 Å². The number of aliphatic carboxylic acids is 2. The van der Waals surface area contributed by atoms with Crippen molar-refractivity contribution in [3.63, 3.8) is 0 Å². The Kier molecular flexibility index (Phi) is 7.44. The number of hydrogen-bond acceptors (Lipinski definition) is 6. The van der Waals surface area contributed by atoms with Crippen LogP contribution < -0.4 is 11.5 Å². The van der Waals surface area contributed by atoms with E-state index in [1.165, 1.54) is 12.8 Å². The number of carboxylic acids is 2. The monoisotopic (exact) mass is 264 g/mol. The summed E-state index contributed by atoms with van der Waals surface area (Å²) >= 11 is 0. The maximum atomic E-state index is 9.77. The van der Waals surface area contributed by atoms with Crippen molar-refractivity contribution >= 4 is 11.9 Å². The third-order valence-electron chi connectivity index (χ3n) is 2.68. The van der Waals surface area contributed by atoms with Crippen LogP contribution in [0.25, 0.3) is 0 Å². The van der Waals surface area contributed by atoms with E-state index < -0.39 is 24.1 Å². The van der Waals surface area contributed by atoms with Gasteiger partial charge in [-0.2, -0.15) is 0 Å². The molecule has 0 saturated heterocycles. The Morgan fingerprint density at radius 3 is 1.33 bits per heavy atom. The largest absolute Gasteiger partial charge is 0.479 e. The molecule has 0 aromatic heterocycles. The van der Waals surface area contributed by atoms with E-state index in [9.17, 15) is 9.59 Å². The Morgan fingerprint density at radius 2 is 1.17 bits per heavy atom. The van der Waals surface area contributed by atoms with Crippen LogP contribution in [0, 0.1) is 0 Å². The summed E-state index contributed by atoms with van der Waals surface area (Å²) in [6.07, 6.45) is 0.265. The minimum Gasteiger partial charge on any atom is -0.479 e. The van der Waals surface area contributed by atoms with Crippen molar-refractivity contribution in [1.29, 1.82) is 0 Å². The fourth-order valence-corrected chi connectivity index (χ4v) is 1.46. The first-order chi connectivity index (χ1) is 8.27. The number of nitrogens with two attached hydrogens (primary N) is 2. The van der Waals surface area contributed by atoms with Gasteiger partial charge in [-0.05, 0) is 12.8 Å². The summed E-state index contributed by atoms with van der Waals surface area (Å²) < 4.78 is 0. The lowest BCUT2D eigenvalue weighted by Crippen LogP contribution is -2.43. The van der Waals surface area contributed by atoms with Crippen LogP contribution in [-0.2, 0) is 9.59 Å². The average molecular weight is 264 g/mol. The minimum absolute atomic E-state index is 0.281. The zero-order chi connectivity index (χ0) is 14.3. The van der Waals surface area contributed by atoms with Crippen molar-refractivity contribution in [1.82, 2.24) is 0 Å². The highest BCUT2D eigenvalue weighted by atomic mass is 16.4. The second kappa shape index (κ2) is 7.98. The van der Waals surface area contributed by atoms with Crippen molar-refractivity contribution in [3.8, 4) is 0 Å². The topological polar surface area (TPSA) is 167 Å². The third-order valence-corrected chi connectivity index (χ3v) is 2.68. The highest BCUT2D eigenvalue weighted by Gasteiger charge is 2.29. The normalized spacial score (nSPS) is 26.4. The molecule has 0 radical (unpaired) electrons. The lowest BCUT2D eigenvalue weighted by molar-refractivity contribution is -0.165. The van der Waals surface area contributed by atoms with Gasteiger partial charge in [0.2, 0.25) is 0 Å². The van der Waals surface area contributed by atoms with E-state index in [1.807, 2.05) is 0 Å². The van der Waals surface area contributed by atoms with Crippen LogP contribution in [0.3, 0.4) is 0 Å². The summed E-state index contributed by atoms with van der Waals surface area (Å²) in [6, 6.07) is 0.562. The Labute approximate surface area is 104 Å². The van der Waals surface area contributed by atoms with Gasteiger partial charge in [0.15, 0.2) is 12.2 Å². The Bertz CT molecular complexity index is 258. The van der Waals surface area contributed by atoms with E-state index in [1.54, 1.807) is 0 Å². The number of aliphatic hydroxyl groups excluding tert-OH is 2. The maximum absolute atomic E-state index is 9.77. The van der Waals surface area contributed by atoms with Crippen LogP contribution in [0.15, 0.2) is 0 Å².